The van der Waals surface area contributed by atoms with Crippen LogP contribution in [0.4, 0.5) is 0 Å². The van der Waals surface area contributed by atoms with Crippen molar-refractivity contribution in [3.05, 3.63) is 65.7 Å². The lowest BCUT2D eigenvalue weighted by Gasteiger charge is -2.11. The van der Waals surface area contributed by atoms with Crippen molar-refractivity contribution in [2.75, 3.05) is 13.7 Å². The van der Waals surface area contributed by atoms with Crippen molar-refractivity contribution in [2.45, 2.75) is 28.5 Å². The third-order valence-electron chi connectivity index (χ3n) is 4.54. The first-order chi connectivity index (χ1) is 10.9. The normalized spacial score (nSPS) is 26.9. The zero-order valence-electron chi connectivity index (χ0n) is 13.3. The Morgan fingerprint density at radius 3 is 2.26 bits per heavy atom. The fourth-order valence-corrected chi connectivity index (χ4v) is 5.62. The monoisotopic (exact) mass is 331 g/mol. The molecule has 2 N–H and O–H groups in total. The molecule has 3 rings (SSSR count). The number of methoxy groups -OCH3 is 1. The van der Waals surface area contributed by atoms with Gasteiger partial charge in [-0.3, -0.25) is 0 Å². The Hall–Kier alpha value is -1.69. The summed E-state index contributed by atoms with van der Waals surface area (Å²) in [6, 6.07) is 16.5. The molecule has 0 spiro atoms. The van der Waals surface area contributed by atoms with Crippen molar-refractivity contribution in [3.63, 3.8) is 0 Å². The fraction of sp³-hybridized carbons (Fsp3) is 0.333. The van der Waals surface area contributed by atoms with Gasteiger partial charge in [0.2, 0.25) is 0 Å². The molecule has 1 aliphatic carbocycles. The van der Waals surface area contributed by atoms with Crippen molar-refractivity contribution in [2.24, 2.45) is 5.73 Å². The molecule has 0 aromatic heterocycles. The van der Waals surface area contributed by atoms with Crippen LogP contribution in [0.2, 0.25) is 0 Å². The predicted molar refractivity (Wildman–Crippen MR) is 90.1 cm³/mol. The van der Waals surface area contributed by atoms with Crippen LogP contribution in [-0.4, -0.2) is 32.9 Å². The van der Waals surface area contributed by atoms with Gasteiger partial charge in [0.25, 0.3) is 0 Å². The highest BCUT2D eigenvalue weighted by molar-refractivity contribution is 7.92. The lowest BCUT2D eigenvalue weighted by Crippen LogP contribution is -2.35. The van der Waals surface area contributed by atoms with Gasteiger partial charge >= 0.3 is 0 Å². The Kier molecular flexibility index (Phi) is 4.04. The molecule has 1 aliphatic rings. The van der Waals surface area contributed by atoms with Gasteiger partial charge in [0.1, 0.15) is 0 Å². The van der Waals surface area contributed by atoms with Gasteiger partial charge in [-0.2, -0.15) is 0 Å². The maximum atomic E-state index is 13.0. The number of nitrogens with two attached hydrogens (primary N) is 1. The van der Waals surface area contributed by atoms with E-state index in [0.29, 0.717) is 4.90 Å². The molecular formula is C18H21NO3S. The molecule has 1 saturated carbocycles. The van der Waals surface area contributed by atoms with Crippen molar-refractivity contribution in [3.8, 4) is 0 Å². The van der Waals surface area contributed by atoms with Gasteiger partial charge in [-0.25, -0.2) is 8.42 Å². The highest BCUT2D eigenvalue weighted by Gasteiger charge is 2.69. The Morgan fingerprint density at radius 2 is 1.70 bits per heavy atom. The average Bonchev–Trinajstić information content (AvgIpc) is 3.15. The fourth-order valence-electron chi connectivity index (χ4n) is 3.33. The van der Waals surface area contributed by atoms with E-state index in [4.69, 9.17) is 10.5 Å². The van der Waals surface area contributed by atoms with E-state index in [1.165, 1.54) is 0 Å². The van der Waals surface area contributed by atoms with Crippen LogP contribution in [-0.2, 0) is 14.6 Å². The Morgan fingerprint density at radius 1 is 1.09 bits per heavy atom. The van der Waals surface area contributed by atoms with Crippen molar-refractivity contribution in [1.29, 1.82) is 0 Å². The summed E-state index contributed by atoms with van der Waals surface area (Å²) < 4.78 is 31.3. The molecule has 0 bridgehead atoms. The quantitative estimate of drug-likeness (QED) is 0.912. The Balaban J connectivity index is 2.01. The van der Waals surface area contributed by atoms with E-state index in [1.807, 2.05) is 37.3 Å². The van der Waals surface area contributed by atoms with Gasteiger partial charge in [0.15, 0.2) is 9.84 Å². The minimum absolute atomic E-state index is 0.211. The molecule has 1 fully saturated rings. The predicted octanol–water partition coefficient (Wildman–Crippen LogP) is 2.28. The second-order valence-electron chi connectivity index (χ2n) is 6.21. The maximum Gasteiger partial charge on any atom is 0.183 e. The molecule has 4 nitrogen and oxygen atoms in total. The van der Waals surface area contributed by atoms with Gasteiger partial charge in [-0.1, -0.05) is 48.0 Å². The summed E-state index contributed by atoms with van der Waals surface area (Å²) in [6.45, 7) is 2.14. The molecule has 2 aromatic carbocycles. The summed E-state index contributed by atoms with van der Waals surface area (Å²) in [5.41, 5.74) is 7.50. The van der Waals surface area contributed by atoms with E-state index in [9.17, 15) is 8.42 Å². The number of sulfone groups is 1. The van der Waals surface area contributed by atoms with E-state index in [2.05, 4.69) is 0 Å². The van der Waals surface area contributed by atoms with Gasteiger partial charge in [-0.05, 0) is 24.6 Å². The van der Waals surface area contributed by atoms with Gasteiger partial charge in [0, 0.05) is 13.0 Å². The number of hydrogen-bond acceptors (Lipinski definition) is 4. The molecule has 2 aromatic rings. The SMILES string of the molecule is COC[C@]1(N)[C@@H](c2ccccc2)[C@@H]1S(=O)(=O)c1ccc(C)cc1. The molecule has 3 atom stereocenters. The molecule has 0 unspecified atom stereocenters. The highest BCUT2D eigenvalue weighted by Crippen LogP contribution is 2.55. The highest BCUT2D eigenvalue weighted by atomic mass is 32.2. The van der Waals surface area contributed by atoms with E-state index in [0.717, 1.165) is 11.1 Å². The summed E-state index contributed by atoms with van der Waals surface area (Å²) in [7, 11) is -1.97. The summed E-state index contributed by atoms with van der Waals surface area (Å²) in [6.07, 6.45) is 0. The maximum absolute atomic E-state index is 13.0. The van der Waals surface area contributed by atoms with Crippen LogP contribution in [0.25, 0.3) is 0 Å². The Bertz CT molecular complexity index is 787. The van der Waals surface area contributed by atoms with Gasteiger partial charge in [-0.15, -0.1) is 0 Å². The van der Waals surface area contributed by atoms with Crippen LogP contribution < -0.4 is 5.73 Å². The topological polar surface area (TPSA) is 69.4 Å². The lowest BCUT2D eigenvalue weighted by atomic mass is 10.1. The number of rotatable bonds is 5. The molecule has 0 heterocycles. The summed E-state index contributed by atoms with van der Waals surface area (Å²) in [5.74, 6) is -0.255. The molecule has 0 aliphatic heterocycles. The number of ether oxygens (including phenoxy) is 1. The Labute approximate surface area is 137 Å². The molecule has 122 valence electrons. The van der Waals surface area contributed by atoms with Crippen LogP contribution in [0.5, 0.6) is 0 Å². The first-order valence-electron chi connectivity index (χ1n) is 7.54. The third kappa shape index (κ3) is 2.69. The average molecular weight is 331 g/mol. The molecule has 0 radical (unpaired) electrons. The van der Waals surface area contributed by atoms with Crippen LogP contribution in [0.1, 0.15) is 17.0 Å². The number of hydrogen-bond donors (Lipinski definition) is 1. The summed E-state index contributed by atoms with van der Waals surface area (Å²) in [4.78, 5) is 0.317. The summed E-state index contributed by atoms with van der Waals surface area (Å²) >= 11 is 0. The van der Waals surface area contributed by atoms with Crippen LogP contribution in [0, 0.1) is 6.92 Å². The van der Waals surface area contributed by atoms with Gasteiger partial charge < -0.3 is 10.5 Å². The summed E-state index contributed by atoms with van der Waals surface area (Å²) in [5, 5.41) is -0.667. The van der Waals surface area contributed by atoms with Crippen molar-refractivity contribution in [1.82, 2.24) is 0 Å². The standard InChI is InChI=1S/C18H21NO3S/c1-13-8-10-15(11-9-13)23(20,21)17-16(18(17,19)12-22-2)14-6-4-3-5-7-14/h3-11,16-17H,12,19H2,1-2H3/t16-,17-,18-/m0/s1. The first kappa shape index (κ1) is 16.2. The molecule has 23 heavy (non-hydrogen) atoms. The number of aryl methyl sites for hydroxylation is 1. The largest absolute Gasteiger partial charge is 0.383 e. The third-order valence-corrected chi connectivity index (χ3v) is 6.85. The second kappa shape index (κ2) is 5.74. The van der Waals surface area contributed by atoms with Gasteiger partial charge in [0.05, 0.1) is 22.3 Å². The molecule has 0 amide bonds. The van der Waals surface area contributed by atoms with Crippen LogP contribution >= 0.6 is 0 Å². The number of benzene rings is 2. The van der Waals surface area contributed by atoms with E-state index >= 15 is 0 Å². The van der Waals surface area contributed by atoms with Crippen molar-refractivity contribution >= 4 is 9.84 Å². The zero-order chi connectivity index (χ0) is 16.7. The smallest absolute Gasteiger partial charge is 0.183 e. The minimum Gasteiger partial charge on any atom is -0.383 e. The van der Waals surface area contributed by atoms with Crippen LogP contribution in [0.3, 0.4) is 0 Å². The van der Waals surface area contributed by atoms with Crippen molar-refractivity contribution < 1.29 is 13.2 Å². The van der Waals surface area contributed by atoms with E-state index < -0.39 is 20.6 Å². The first-order valence-corrected chi connectivity index (χ1v) is 9.09. The molecular weight excluding hydrogens is 310 g/mol. The molecule has 0 saturated heterocycles. The van der Waals surface area contributed by atoms with Crippen LogP contribution in [0.15, 0.2) is 59.5 Å². The lowest BCUT2D eigenvalue weighted by molar-refractivity contribution is 0.171. The second-order valence-corrected chi connectivity index (χ2v) is 8.28. The zero-order valence-corrected chi connectivity index (χ0v) is 14.1. The van der Waals surface area contributed by atoms with E-state index in [-0.39, 0.29) is 12.5 Å². The molecule has 5 heteroatoms. The van der Waals surface area contributed by atoms with E-state index in [1.54, 1.807) is 31.4 Å². The minimum atomic E-state index is -3.51.